The van der Waals surface area contributed by atoms with Crippen LogP contribution in [0.4, 0.5) is 5.69 Å². The first kappa shape index (κ1) is 18.6. The summed E-state index contributed by atoms with van der Waals surface area (Å²) in [5, 5.41) is 12.0. The highest BCUT2D eigenvalue weighted by Gasteiger charge is 2.37. The summed E-state index contributed by atoms with van der Waals surface area (Å²) in [6.45, 7) is 4.18. The van der Waals surface area contributed by atoms with Gasteiger partial charge in [0.25, 0.3) is 0 Å². The summed E-state index contributed by atoms with van der Waals surface area (Å²) in [6.07, 6.45) is 1.82. The van der Waals surface area contributed by atoms with Gasteiger partial charge >= 0.3 is 0 Å². The number of fused-ring (bicyclic) bond motifs is 1. The molecule has 1 aromatic heterocycles. The molecular formula is C21H23N5OS. The van der Waals surface area contributed by atoms with Crippen molar-refractivity contribution in [1.29, 1.82) is 0 Å². The second-order valence-electron chi connectivity index (χ2n) is 6.90. The molecule has 0 saturated heterocycles. The van der Waals surface area contributed by atoms with E-state index in [1.807, 2.05) is 35.0 Å². The van der Waals surface area contributed by atoms with Gasteiger partial charge in [-0.3, -0.25) is 4.79 Å². The second kappa shape index (κ2) is 8.06. The Labute approximate surface area is 168 Å². The number of para-hydroxylation sites is 1. The zero-order valence-electron chi connectivity index (χ0n) is 15.9. The van der Waals surface area contributed by atoms with Gasteiger partial charge in [0.1, 0.15) is 5.25 Å². The standard InChI is InChI=1S/C21H23N5OS/c1-3-7-17-23-24-21-26(17)25-18(15-12-10-14(2)11-13-15)19(28-21)20(27)22-16-8-5-4-6-9-16/h4-6,8-13,18-19,25H,3,7H2,1-2H3,(H,22,27)/t18-,19-/m1/s1. The number of anilines is 1. The van der Waals surface area contributed by atoms with E-state index in [1.54, 1.807) is 0 Å². The zero-order chi connectivity index (χ0) is 19.5. The molecule has 2 heterocycles. The molecule has 0 spiro atoms. The number of carbonyl (C=O) groups excluding carboxylic acids is 1. The molecule has 0 radical (unpaired) electrons. The highest BCUT2D eigenvalue weighted by molar-refractivity contribution is 8.00. The van der Waals surface area contributed by atoms with Crippen molar-refractivity contribution >= 4 is 23.4 Å². The number of benzene rings is 2. The molecular weight excluding hydrogens is 370 g/mol. The van der Waals surface area contributed by atoms with Crippen LogP contribution in [0.2, 0.25) is 0 Å². The number of nitrogens with one attached hydrogen (secondary N) is 2. The number of thioether (sulfide) groups is 1. The van der Waals surface area contributed by atoms with Crippen LogP contribution in [0.3, 0.4) is 0 Å². The molecule has 0 saturated carbocycles. The van der Waals surface area contributed by atoms with Crippen molar-refractivity contribution in [3.05, 3.63) is 71.5 Å². The van der Waals surface area contributed by atoms with Crippen molar-refractivity contribution in [2.75, 3.05) is 10.7 Å². The smallest absolute Gasteiger partial charge is 0.240 e. The van der Waals surface area contributed by atoms with E-state index in [1.165, 1.54) is 17.3 Å². The Kier molecular flexibility index (Phi) is 5.34. The van der Waals surface area contributed by atoms with Gasteiger partial charge in [0.05, 0.1) is 6.04 Å². The normalized spacial score (nSPS) is 18.2. The Bertz CT molecular complexity index is 955. The molecule has 3 aromatic rings. The first-order valence-corrected chi connectivity index (χ1v) is 10.3. The molecule has 28 heavy (non-hydrogen) atoms. The van der Waals surface area contributed by atoms with Crippen LogP contribution >= 0.6 is 11.8 Å². The van der Waals surface area contributed by atoms with E-state index in [-0.39, 0.29) is 17.2 Å². The van der Waals surface area contributed by atoms with E-state index >= 15 is 0 Å². The molecule has 0 bridgehead atoms. The third-order valence-electron chi connectivity index (χ3n) is 4.71. The maximum atomic E-state index is 13.1. The molecule has 0 aliphatic carbocycles. The second-order valence-corrected chi connectivity index (χ2v) is 8.00. The molecule has 0 fully saturated rings. The van der Waals surface area contributed by atoms with E-state index in [4.69, 9.17) is 0 Å². The van der Waals surface area contributed by atoms with Crippen molar-refractivity contribution in [3.8, 4) is 0 Å². The molecule has 1 aliphatic heterocycles. The van der Waals surface area contributed by atoms with Crippen LogP contribution < -0.4 is 10.7 Å². The Morgan fingerprint density at radius 1 is 1.14 bits per heavy atom. The van der Waals surface area contributed by atoms with Crippen LogP contribution in [0.1, 0.15) is 36.3 Å². The highest BCUT2D eigenvalue weighted by atomic mass is 32.2. The van der Waals surface area contributed by atoms with Crippen LogP contribution in [0.5, 0.6) is 0 Å². The number of aryl methyl sites for hydroxylation is 2. The van der Waals surface area contributed by atoms with Crippen molar-refractivity contribution in [2.24, 2.45) is 0 Å². The lowest BCUT2D eigenvalue weighted by molar-refractivity contribution is -0.116. The molecule has 7 heteroatoms. The minimum absolute atomic E-state index is 0.0550. The van der Waals surface area contributed by atoms with Crippen molar-refractivity contribution in [1.82, 2.24) is 14.9 Å². The number of hydrogen-bond donors (Lipinski definition) is 2. The lowest BCUT2D eigenvalue weighted by Crippen LogP contribution is -2.41. The molecule has 1 amide bonds. The molecule has 4 rings (SSSR count). The van der Waals surface area contributed by atoms with E-state index in [2.05, 4.69) is 59.1 Å². The fraction of sp³-hybridized carbons (Fsp3) is 0.286. The molecule has 1 aliphatic rings. The Balaban J connectivity index is 1.66. The van der Waals surface area contributed by atoms with Gasteiger partial charge < -0.3 is 10.7 Å². The summed E-state index contributed by atoms with van der Waals surface area (Å²) >= 11 is 1.45. The number of carbonyl (C=O) groups is 1. The number of rotatable bonds is 5. The fourth-order valence-corrected chi connectivity index (χ4v) is 4.34. The summed E-state index contributed by atoms with van der Waals surface area (Å²) in [6, 6.07) is 17.6. The van der Waals surface area contributed by atoms with Gasteiger partial charge in [-0.15, -0.1) is 10.2 Å². The van der Waals surface area contributed by atoms with Crippen LogP contribution in [0, 0.1) is 6.92 Å². The predicted octanol–water partition coefficient (Wildman–Crippen LogP) is 3.94. The van der Waals surface area contributed by atoms with Gasteiger partial charge in [-0.25, -0.2) is 4.68 Å². The lowest BCUT2D eigenvalue weighted by Gasteiger charge is -2.33. The van der Waals surface area contributed by atoms with Crippen LogP contribution in [0.25, 0.3) is 0 Å². The summed E-state index contributed by atoms with van der Waals surface area (Å²) in [4.78, 5) is 13.1. The molecule has 144 valence electrons. The Hall–Kier alpha value is -2.80. The van der Waals surface area contributed by atoms with Gasteiger partial charge in [0, 0.05) is 12.1 Å². The van der Waals surface area contributed by atoms with Crippen LogP contribution in [-0.2, 0) is 11.2 Å². The van der Waals surface area contributed by atoms with Gasteiger partial charge in [-0.05, 0) is 31.0 Å². The van der Waals surface area contributed by atoms with E-state index in [0.717, 1.165) is 35.1 Å². The minimum atomic E-state index is -0.367. The first-order chi connectivity index (χ1) is 13.7. The molecule has 2 aromatic carbocycles. The van der Waals surface area contributed by atoms with Crippen molar-refractivity contribution < 1.29 is 4.79 Å². The van der Waals surface area contributed by atoms with Gasteiger partial charge in [0.15, 0.2) is 5.82 Å². The third-order valence-corrected chi connectivity index (χ3v) is 5.93. The van der Waals surface area contributed by atoms with Crippen LogP contribution in [0.15, 0.2) is 59.8 Å². The van der Waals surface area contributed by atoms with Gasteiger partial charge in [0.2, 0.25) is 11.1 Å². The summed E-state index contributed by atoms with van der Waals surface area (Å²) in [5.41, 5.74) is 6.53. The number of hydrogen-bond acceptors (Lipinski definition) is 5. The maximum absolute atomic E-state index is 13.1. The number of amides is 1. The molecule has 2 N–H and O–H groups in total. The quantitative estimate of drug-likeness (QED) is 0.687. The zero-order valence-corrected chi connectivity index (χ0v) is 16.7. The summed E-state index contributed by atoms with van der Waals surface area (Å²) < 4.78 is 1.94. The summed E-state index contributed by atoms with van der Waals surface area (Å²) in [5.74, 6) is 0.838. The van der Waals surface area contributed by atoms with E-state index in [0.29, 0.717) is 0 Å². The van der Waals surface area contributed by atoms with Gasteiger partial charge in [-0.2, -0.15) is 0 Å². The van der Waals surface area contributed by atoms with E-state index < -0.39 is 0 Å². The molecule has 0 unspecified atom stereocenters. The van der Waals surface area contributed by atoms with Gasteiger partial charge in [-0.1, -0.05) is 66.7 Å². The van der Waals surface area contributed by atoms with Crippen LogP contribution in [-0.4, -0.2) is 26.0 Å². The first-order valence-electron chi connectivity index (χ1n) is 9.45. The average Bonchev–Trinajstić information content (AvgIpc) is 3.11. The predicted molar refractivity (Wildman–Crippen MR) is 112 cm³/mol. The Morgan fingerprint density at radius 3 is 2.61 bits per heavy atom. The van der Waals surface area contributed by atoms with Crippen molar-refractivity contribution in [2.45, 2.75) is 43.1 Å². The number of nitrogens with zero attached hydrogens (tertiary/aromatic N) is 3. The Morgan fingerprint density at radius 2 is 1.89 bits per heavy atom. The monoisotopic (exact) mass is 393 g/mol. The third kappa shape index (κ3) is 3.75. The minimum Gasteiger partial charge on any atom is -0.325 e. The number of aromatic nitrogens is 3. The van der Waals surface area contributed by atoms with E-state index in [9.17, 15) is 4.79 Å². The summed E-state index contributed by atoms with van der Waals surface area (Å²) in [7, 11) is 0. The molecule has 6 nitrogen and oxygen atoms in total. The molecule has 2 atom stereocenters. The SMILES string of the molecule is CCCc1nnc2n1N[C@H](c1ccc(C)cc1)[C@H](C(=O)Nc1ccccc1)S2. The van der Waals surface area contributed by atoms with Crippen molar-refractivity contribution in [3.63, 3.8) is 0 Å². The average molecular weight is 394 g/mol. The largest absolute Gasteiger partial charge is 0.325 e. The maximum Gasteiger partial charge on any atom is 0.240 e. The fourth-order valence-electron chi connectivity index (χ4n) is 3.24. The lowest BCUT2D eigenvalue weighted by atomic mass is 10.0. The highest BCUT2D eigenvalue weighted by Crippen LogP contribution is 2.37. The topological polar surface area (TPSA) is 71.8 Å².